The molecule has 0 radical (unpaired) electrons. The number of nitrogens with zero attached hydrogens (tertiary/aromatic N) is 4. The van der Waals surface area contributed by atoms with Crippen molar-refractivity contribution in [1.82, 2.24) is 20.0 Å². The molecule has 2 fully saturated rings. The predicted octanol–water partition coefficient (Wildman–Crippen LogP) is 1.58. The fraction of sp³-hybridized carbons (Fsp3) is 0.619. The van der Waals surface area contributed by atoms with Crippen LogP contribution in [0.1, 0.15) is 31.4 Å². The Labute approximate surface area is 178 Å². The van der Waals surface area contributed by atoms with E-state index in [1.165, 1.54) is 0 Å². The van der Waals surface area contributed by atoms with Crippen LogP contribution in [0.3, 0.4) is 0 Å². The van der Waals surface area contributed by atoms with Crippen LogP contribution in [-0.4, -0.2) is 90.6 Å². The Morgan fingerprint density at radius 3 is 2.48 bits per heavy atom. The van der Waals surface area contributed by atoms with Gasteiger partial charge in [0, 0.05) is 56.4 Å². The van der Waals surface area contributed by atoms with Crippen molar-refractivity contribution in [3.05, 3.63) is 34.9 Å². The minimum Gasteiger partial charge on any atom is -0.386 e. The van der Waals surface area contributed by atoms with E-state index >= 15 is 0 Å². The first-order chi connectivity index (χ1) is 14.1. The van der Waals surface area contributed by atoms with Crippen LogP contribution in [0.5, 0.6) is 0 Å². The molecule has 160 valence electrons. The second kappa shape index (κ2) is 10.8. The maximum absolute atomic E-state index is 12.4. The van der Waals surface area contributed by atoms with Crippen LogP contribution in [0.15, 0.2) is 29.3 Å². The minimum atomic E-state index is -0.739. The summed E-state index contributed by atoms with van der Waals surface area (Å²) in [4.78, 5) is 23.4. The molecule has 0 saturated carbocycles. The second-order valence-corrected chi connectivity index (χ2v) is 7.99. The van der Waals surface area contributed by atoms with Gasteiger partial charge in [-0.3, -0.25) is 14.7 Å². The first-order valence-corrected chi connectivity index (χ1v) is 10.9. The lowest BCUT2D eigenvalue weighted by molar-refractivity contribution is -0.131. The summed E-state index contributed by atoms with van der Waals surface area (Å²) in [5.41, 5.74) is 0.694. The predicted molar refractivity (Wildman–Crippen MR) is 116 cm³/mol. The van der Waals surface area contributed by atoms with Crippen molar-refractivity contribution >= 4 is 23.5 Å². The van der Waals surface area contributed by atoms with Crippen molar-refractivity contribution in [2.24, 2.45) is 4.99 Å². The molecule has 0 spiro atoms. The largest absolute Gasteiger partial charge is 0.386 e. The molecular weight excluding hydrogens is 390 g/mol. The van der Waals surface area contributed by atoms with Gasteiger partial charge in [0.2, 0.25) is 5.91 Å². The Morgan fingerprint density at radius 2 is 1.83 bits per heavy atom. The van der Waals surface area contributed by atoms with Crippen LogP contribution in [0.25, 0.3) is 0 Å². The molecule has 1 aromatic rings. The average molecular weight is 422 g/mol. The van der Waals surface area contributed by atoms with Gasteiger partial charge in [-0.15, -0.1) is 0 Å². The Bertz CT molecular complexity index is 700. The van der Waals surface area contributed by atoms with Gasteiger partial charge in [0.05, 0.1) is 13.1 Å². The highest BCUT2D eigenvalue weighted by Gasteiger charge is 2.24. The number of piperazine rings is 1. The zero-order chi connectivity index (χ0) is 20.6. The lowest BCUT2D eigenvalue weighted by Gasteiger charge is -2.36. The van der Waals surface area contributed by atoms with Crippen LogP contribution in [0.4, 0.5) is 0 Å². The lowest BCUT2D eigenvalue weighted by atomic mass is 10.1. The minimum absolute atomic E-state index is 0.249. The van der Waals surface area contributed by atoms with Crippen LogP contribution in [-0.2, 0) is 4.79 Å². The Hall–Kier alpha value is -1.83. The van der Waals surface area contributed by atoms with E-state index in [9.17, 15) is 9.90 Å². The van der Waals surface area contributed by atoms with Crippen molar-refractivity contribution in [1.29, 1.82) is 0 Å². The molecule has 2 aliphatic heterocycles. The van der Waals surface area contributed by atoms with E-state index in [2.05, 4.69) is 20.1 Å². The van der Waals surface area contributed by atoms with Crippen molar-refractivity contribution in [3.8, 4) is 0 Å². The number of carbonyl (C=O) groups is 1. The molecule has 1 unspecified atom stereocenters. The summed E-state index contributed by atoms with van der Waals surface area (Å²) in [7, 11) is 0. The van der Waals surface area contributed by atoms with E-state index in [0.29, 0.717) is 17.1 Å². The number of halogens is 1. The van der Waals surface area contributed by atoms with Crippen molar-refractivity contribution in [2.45, 2.75) is 25.9 Å². The van der Waals surface area contributed by atoms with Crippen molar-refractivity contribution in [2.75, 3.05) is 58.9 Å². The highest BCUT2D eigenvalue weighted by molar-refractivity contribution is 6.31. The van der Waals surface area contributed by atoms with Gasteiger partial charge in [0.15, 0.2) is 5.96 Å². The number of aliphatic imine (C=N–C) groups is 1. The first-order valence-electron chi connectivity index (χ1n) is 10.5. The Morgan fingerprint density at radius 1 is 1.14 bits per heavy atom. The van der Waals surface area contributed by atoms with E-state index in [1.807, 2.05) is 30.0 Å². The molecule has 3 rings (SSSR count). The van der Waals surface area contributed by atoms with Crippen LogP contribution >= 0.6 is 11.6 Å². The van der Waals surface area contributed by atoms with Gasteiger partial charge in [-0.25, -0.2) is 0 Å². The SMILES string of the molecule is CCNC(=NCC(O)c1ccccc1Cl)N1CCN(CC(=O)N2CCCC2)CC1. The van der Waals surface area contributed by atoms with E-state index in [0.717, 1.165) is 64.6 Å². The number of benzene rings is 1. The highest BCUT2D eigenvalue weighted by atomic mass is 35.5. The van der Waals surface area contributed by atoms with Gasteiger partial charge in [0.1, 0.15) is 6.10 Å². The third kappa shape index (κ3) is 6.07. The number of amides is 1. The molecule has 2 heterocycles. The zero-order valence-electron chi connectivity index (χ0n) is 17.2. The molecule has 0 aromatic heterocycles. The third-order valence-corrected chi connectivity index (χ3v) is 5.85. The number of aliphatic hydroxyl groups is 1. The van der Waals surface area contributed by atoms with E-state index in [4.69, 9.17) is 11.6 Å². The van der Waals surface area contributed by atoms with Gasteiger partial charge >= 0.3 is 0 Å². The number of hydrogen-bond donors (Lipinski definition) is 2. The fourth-order valence-corrected chi connectivity index (χ4v) is 4.08. The summed E-state index contributed by atoms with van der Waals surface area (Å²) in [6, 6.07) is 7.31. The van der Waals surface area contributed by atoms with Gasteiger partial charge in [-0.2, -0.15) is 0 Å². The summed E-state index contributed by atoms with van der Waals surface area (Å²) in [6.45, 7) is 8.64. The Kier molecular flexibility index (Phi) is 8.15. The van der Waals surface area contributed by atoms with Gasteiger partial charge in [0.25, 0.3) is 0 Å². The monoisotopic (exact) mass is 421 g/mol. The molecule has 1 atom stereocenters. The van der Waals surface area contributed by atoms with Crippen molar-refractivity contribution < 1.29 is 9.90 Å². The molecule has 2 saturated heterocycles. The summed E-state index contributed by atoms with van der Waals surface area (Å²) in [5.74, 6) is 1.04. The number of guanidine groups is 1. The summed E-state index contributed by atoms with van der Waals surface area (Å²) in [6.07, 6.45) is 1.51. The van der Waals surface area contributed by atoms with Crippen LogP contribution in [0, 0.1) is 0 Å². The molecular formula is C21H32ClN5O2. The van der Waals surface area contributed by atoms with Crippen molar-refractivity contribution in [3.63, 3.8) is 0 Å². The molecule has 0 bridgehead atoms. The molecule has 29 heavy (non-hydrogen) atoms. The molecule has 2 N–H and O–H groups in total. The zero-order valence-corrected chi connectivity index (χ0v) is 17.9. The van der Waals surface area contributed by atoms with E-state index < -0.39 is 6.10 Å². The topological polar surface area (TPSA) is 71.4 Å². The maximum atomic E-state index is 12.4. The normalized spacial score (nSPS) is 19.5. The average Bonchev–Trinajstić information content (AvgIpc) is 3.27. The first kappa shape index (κ1) is 21.9. The highest BCUT2D eigenvalue weighted by Crippen LogP contribution is 2.22. The number of nitrogens with one attached hydrogen (secondary N) is 1. The van der Waals surface area contributed by atoms with Gasteiger partial charge in [-0.1, -0.05) is 29.8 Å². The molecule has 8 heteroatoms. The van der Waals surface area contributed by atoms with Crippen LogP contribution in [0.2, 0.25) is 5.02 Å². The molecule has 0 aliphatic carbocycles. The quantitative estimate of drug-likeness (QED) is 0.539. The second-order valence-electron chi connectivity index (χ2n) is 7.58. The number of hydrogen-bond acceptors (Lipinski definition) is 4. The maximum Gasteiger partial charge on any atom is 0.236 e. The number of carbonyl (C=O) groups excluding carboxylic acids is 1. The standard InChI is InChI=1S/C21H32ClN5O2/c1-2-23-21(24-15-19(28)17-7-3-4-8-18(17)22)27-13-11-25(12-14-27)16-20(29)26-9-5-6-10-26/h3-4,7-8,19,28H,2,5-6,9-16H2,1H3,(H,23,24). The molecule has 1 aromatic carbocycles. The van der Waals surface area contributed by atoms with Gasteiger partial charge in [-0.05, 0) is 25.8 Å². The summed E-state index contributed by atoms with van der Waals surface area (Å²) >= 11 is 6.18. The fourth-order valence-electron chi connectivity index (χ4n) is 3.82. The van der Waals surface area contributed by atoms with E-state index in [-0.39, 0.29) is 12.5 Å². The van der Waals surface area contributed by atoms with E-state index in [1.54, 1.807) is 6.07 Å². The van der Waals surface area contributed by atoms with Crippen LogP contribution < -0.4 is 5.32 Å². The number of likely N-dealkylation sites (tertiary alicyclic amines) is 1. The Balaban J connectivity index is 1.52. The summed E-state index contributed by atoms with van der Waals surface area (Å²) < 4.78 is 0. The number of rotatable bonds is 6. The number of aliphatic hydroxyl groups excluding tert-OH is 1. The molecule has 7 nitrogen and oxygen atoms in total. The van der Waals surface area contributed by atoms with Gasteiger partial charge < -0.3 is 20.2 Å². The summed E-state index contributed by atoms with van der Waals surface area (Å²) in [5, 5.41) is 14.3. The molecule has 2 aliphatic rings. The lowest BCUT2D eigenvalue weighted by Crippen LogP contribution is -2.54. The molecule has 1 amide bonds. The smallest absolute Gasteiger partial charge is 0.236 e. The third-order valence-electron chi connectivity index (χ3n) is 5.50.